The fraction of sp³-hybridized carbons (Fsp3) is 0.407. The predicted molar refractivity (Wildman–Crippen MR) is 157 cm³/mol. The van der Waals surface area contributed by atoms with Gasteiger partial charge in [0.1, 0.15) is 16.7 Å². The highest BCUT2D eigenvalue weighted by Crippen LogP contribution is 2.37. The van der Waals surface area contributed by atoms with E-state index in [0.717, 1.165) is 50.1 Å². The number of amides is 2. The van der Waals surface area contributed by atoms with Crippen molar-refractivity contribution in [3.8, 4) is 11.1 Å². The van der Waals surface area contributed by atoms with Crippen molar-refractivity contribution >= 4 is 63.5 Å². The predicted octanol–water partition coefficient (Wildman–Crippen LogP) is 4.12. The summed E-state index contributed by atoms with van der Waals surface area (Å²) < 4.78 is 58.4. The average Bonchev–Trinajstić information content (AvgIpc) is 3.51. The van der Waals surface area contributed by atoms with Crippen molar-refractivity contribution in [1.29, 1.82) is 0 Å². The molecule has 2 aliphatic rings. The third-order valence-electron chi connectivity index (χ3n) is 6.47. The topological polar surface area (TPSA) is 91.0 Å². The van der Waals surface area contributed by atoms with Gasteiger partial charge in [0.2, 0.25) is 5.91 Å². The van der Waals surface area contributed by atoms with Crippen LogP contribution in [-0.4, -0.2) is 84.3 Å². The van der Waals surface area contributed by atoms with Crippen molar-refractivity contribution in [2.24, 2.45) is 0 Å². The van der Waals surface area contributed by atoms with Gasteiger partial charge in [-0.2, -0.15) is 13.2 Å². The molecule has 42 heavy (non-hydrogen) atoms. The molecule has 0 bridgehead atoms. The van der Waals surface area contributed by atoms with Crippen molar-refractivity contribution in [2.75, 3.05) is 52.4 Å². The van der Waals surface area contributed by atoms with E-state index >= 15 is 0 Å². The largest absolute Gasteiger partial charge is 0.464 e. The molecule has 2 aromatic rings. The summed E-state index contributed by atoms with van der Waals surface area (Å²) in [6.07, 6.45) is -3.22. The number of carbonyl (C=O) groups is 3. The van der Waals surface area contributed by atoms with E-state index in [4.69, 9.17) is 17.0 Å². The molecule has 2 N–H and O–H groups in total. The molecule has 1 aromatic carbocycles. The number of piperazine rings is 1. The molecular weight excluding hydrogens is 617 g/mol. The van der Waals surface area contributed by atoms with Crippen molar-refractivity contribution in [3.05, 3.63) is 50.8 Å². The van der Waals surface area contributed by atoms with E-state index in [2.05, 4.69) is 15.5 Å². The maximum Gasteiger partial charge on any atom is 0.419 e. The first kappa shape index (κ1) is 32.1. The lowest BCUT2D eigenvalue weighted by Gasteiger charge is -2.26. The zero-order valence-electron chi connectivity index (χ0n) is 22.3. The van der Waals surface area contributed by atoms with Gasteiger partial charge in [0.15, 0.2) is 0 Å². The molecule has 3 heterocycles. The lowest BCUT2D eigenvalue weighted by molar-refractivity contribution is -0.144. The Morgan fingerprint density at radius 2 is 1.88 bits per heavy atom. The summed E-state index contributed by atoms with van der Waals surface area (Å²) in [5.74, 6) is -2.48. The second-order valence-electron chi connectivity index (χ2n) is 9.43. The Kier molecular flexibility index (Phi) is 11.1. The molecule has 2 saturated heterocycles. The first-order valence-electron chi connectivity index (χ1n) is 13.1. The summed E-state index contributed by atoms with van der Waals surface area (Å²) in [5, 5.41) is 7.51. The van der Waals surface area contributed by atoms with Crippen LogP contribution in [0.25, 0.3) is 17.2 Å². The Morgan fingerprint density at radius 1 is 1.12 bits per heavy atom. The lowest BCUT2D eigenvalue weighted by atomic mass is 10.0. The third kappa shape index (κ3) is 8.83. The highest BCUT2D eigenvalue weighted by atomic mass is 32.2. The number of esters is 1. The fourth-order valence-electron chi connectivity index (χ4n) is 4.23. The molecule has 0 unspecified atom stereocenters. The monoisotopic (exact) mass is 644 g/mol. The van der Waals surface area contributed by atoms with E-state index in [1.165, 1.54) is 22.3 Å². The molecule has 2 fully saturated rings. The Hall–Kier alpha value is -2.85. The molecule has 8 nitrogen and oxygen atoms in total. The highest BCUT2D eigenvalue weighted by Gasteiger charge is 2.35. The number of hydrogen-bond donors (Lipinski definition) is 2. The van der Waals surface area contributed by atoms with E-state index in [1.807, 2.05) is 0 Å². The highest BCUT2D eigenvalue weighted by molar-refractivity contribution is 8.26. The van der Waals surface area contributed by atoms with E-state index in [9.17, 15) is 31.9 Å². The summed E-state index contributed by atoms with van der Waals surface area (Å²) in [5.41, 5.74) is -0.701. The van der Waals surface area contributed by atoms with Gasteiger partial charge in [-0.05, 0) is 40.8 Å². The van der Waals surface area contributed by atoms with Crippen LogP contribution in [0.2, 0.25) is 0 Å². The molecule has 2 amide bonds. The smallest absolute Gasteiger partial charge is 0.419 e. The number of thiophene rings is 1. The third-order valence-corrected chi connectivity index (χ3v) is 8.72. The summed E-state index contributed by atoms with van der Waals surface area (Å²) in [7, 11) is 0. The molecule has 15 heteroatoms. The number of thioether (sulfide) groups is 1. The zero-order valence-corrected chi connectivity index (χ0v) is 24.7. The first-order valence-corrected chi connectivity index (χ1v) is 15.2. The van der Waals surface area contributed by atoms with Crippen LogP contribution in [-0.2, 0) is 25.3 Å². The SMILES string of the molecule is O=C(CCN1C(=O)/C(=C/c2cc(-c3ccc(F)c(C(F)(F)F)c3)cs2)SC1=S)NCCC(=O)OCCN1CCNCC1. The van der Waals surface area contributed by atoms with Crippen molar-refractivity contribution in [3.63, 3.8) is 0 Å². The molecule has 226 valence electrons. The maximum atomic E-state index is 13.6. The molecule has 0 atom stereocenters. The summed E-state index contributed by atoms with van der Waals surface area (Å²) in [4.78, 5) is 41.5. The van der Waals surface area contributed by atoms with Crippen LogP contribution >= 0.6 is 35.3 Å². The standard InChI is InChI=1S/C27H28F4N4O4S3/c28-21-2-1-17(14-20(21)27(29,30)31)18-13-19(41-16-18)15-22-25(38)35(26(40)42-22)8-4-23(36)33-5-3-24(37)39-12-11-34-9-6-32-7-10-34/h1-2,13-16,32H,3-12H2,(H,33,36)/b22-15-. The lowest BCUT2D eigenvalue weighted by Crippen LogP contribution is -2.44. The van der Waals surface area contributed by atoms with Crippen LogP contribution in [0.15, 0.2) is 34.6 Å². The van der Waals surface area contributed by atoms with Gasteiger partial charge in [0, 0.05) is 57.1 Å². The van der Waals surface area contributed by atoms with Gasteiger partial charge in [0.25, 0.3) is 5.91 Å². The fourth-order valence-corrected chi connectivity index (χ4v) is 6.45. The molecular formula is C27H28F4N4O4S3. The van der Waals surface area contributed by atoms with Gasteiger partial charge < -0.3 is 15.4 Å². The molecule has 0 radical (unpaired) electrons. The average molecular weight is 645 g/mol. The Balaban J connectivity index is 1.22. The quantitative estimate of drug-likeness (QED) is 0.164. The minimum Gasteiger partial charge on any atom is -0.464 e. The number of nitrogens with zero attached hydrogens (tertiary/aromatic N) is 2. The van der Waals surface area contributed by atoms with Gasteiger partial charge in [-0.25, -0.2) is 4.39 Å². The molecule has 0 aliphatic carbocycles. The van der Waals surface area contributed by atoms with Gasteiger partial charge in [0.05, 0.1) is 16.9 Å². The molecule has 2 aliphatic heterocycles. The van der Waals surface area contributed by atoms with E-state index in [0.29, 0.717) is 28.5 Å². The number of halogens is 4. The Labute approximate surface area is 253 Å². The number of nitrogens with one attached hydrogen (secondary N) is 2. The van der Waals surface area contributed by atoms with Crippen molar-refractivity contribution < 1.29 is 36.7 Å². The van der Waals surface area contributed by atoms with Gasteiger partial charge in [-0.1, -0.05) is 30.0 Å². The van der Waals surface area contributed by atoms with E-state index < -0.39 is 23.5 Å². The van der Waals surface area contributed by atoms with Gasteiger partial charge in [-0.15, -0.1) is 11.3 Å². The van der Waals surface area contributed by atoms with Crippen LogP contribution in [0.1, 0.15) is 23.3 Å². The maximum absolute atomic E-state index is 13.6. The molecule has 4 rings (SSSR count). The minimum atomic E-state index is -4.82. The number of ether oxygens (including phenoxy) is 1. The molecule has 1 aromatic heterocycles. The van der Waals surface area contributed by atoms with Crippen LogP contribution in [0.4, 0.5) is 17.6 Å². The summed E-state index contributed by atoms with van der Waals surface area (Å²) >= 11 is 7.57. The number of thiocarbonyl (C=S) groups is 1. The van der Waals surface area contributed by atoms with Crippen LogP contribution < -0.4 is 10.6 Å². The Bertz CT molecular complexity index is 1360. The normalized spacial score (nSPS) is 17.2. The van der Waals surface area contributed by atoms with Crippen LogP contribution in [0.3, 0.4) is 0 Å². The summed E-state index contributed by atoms with van der Waals surface area (Å²) in [6, 6.07) is 4.40. The minimum absolute atomic E-state index is 0.0208. The van der Waals surface area contributed by atoms with Crippen molar-refractivity contribution in [1.82, 2.24) is 20.4 Å². The number of carbonyl (C=O) groups excluding carboxylic acids is 3. The summed E-state index contributed by atoms with van der Waals surface area (Å²) in [6.45, 7) is 4.78. The first-order chi connectivity index (χ1) is 20.0. The van der Waals surface area contributed by atoms with Gasteiger partial charge >= 0.3 is 12.1 Å². The van der Waals surface area contributed by atoms with Gasteiger partial charge in [-0.3, -0.25) is 24.2 Å². The second kappa shape index (κ2) is 14.6. The van der Waals surface area contributed by atoms with Crippen LogP contribution in [0.5, 0.6) is 0 Å². The number of rotatable bonds is 11. The van der Waals surface area contributed by atoms with Crippen molar-refractivity contribution in [2.45, 2.75) is 19.0 Å². The van der Waals surface area contributed by atoms with Crippen LogP contribution in [0, 0.1) is 5.82 Å². The van der Waals surface area contributed by atoms with E-state index in [1.54, 1.807) is 17.5 Å². The number of hydrogen-bond acceptors (Lipinski definition) is 9. The molecule has 0 spiro atoms. The zero-order chi connectivity index (χ0) is 30.3. The number of alkyl halides is 3. The molecule has 0 saturated carbocycles. The number of benzene rings is 1. The Morgan fingerprint density at radius 3 is 2.62 bits per heavy atom. The van der Waals surface area contributed by atoms with E-state index in [-0.39, 0.29) is 47.6 Å². The second-order valence-corrected chi connectivity index (χ2v) is 12.0.